The van der Waals surface area contributed by atoms with Crippen LogP contribution < -0.4 is 10.3 Å². The lowest BCUT2D eigenvalue weighted by molar-refractivity contribution is -0.411. The van der Waals surface area contributed by atoms with Crippen molar-refractivity contribution in [2.24, 2.45) is 0 Å². The van der Waals surface area contributed by atoms with E-state index in [-0.39, 0.29) is 26.4 Å². The molecule has 14 heteroatoms. The highest BCUT2D eigenvalue weighted by Gasteiger charge is 2.50. The van der Waals surface area contributed by atoms with Crippen molar-refractivity contribution in [3.63, 3.8) is 0 Å². The zero-order valence-electron chi connectivity index (χ0n) is 14.0. The van der Waals surface area contributed by atoms with Crippen molar-refractivity contribution in [2.75, 3.05) is 6.26 Å². The molecule has 1 aromatic carbocycles. The predicted molar refractivity (Wildman–Crippen MR) is 92.1 cm³/mol. The lowest BCUT2D eigenvalue weighted by Gasteiger charge is -2.22. The normalized spacial score (nSPS) is 13.1. The summed E-state index contributed by atoms with van der Waals surface area (Å²) in [6.45, 7) is 0. The molecule has 0 aliphatic heterocycles. The van der Waals surface area contributed by atoms with E-state index in [1.807, 2.05) is 0 Å². The van der Waals surface area contributed by atoms with E-state index >= 15 is 0 Å². The summed E-state index contributed by atoms with van der Waals surface area (Å²) in [5.41, 5.74) is -1.01. The molecule has 0 bridgehead atoms. The quantitative estimate of drug-likeness (QED) is 0.352. The van der Waals surface area contributed by atoms with Crippen molar-refractivity contribution >= 4 is 27.7 Å². The Kier molecular flexibility index (Phi) is 6.86. The molecule has 29 heavy (non-hydrogen) atoms. The number of H-pyrrole nitrogens is 1. The number of nitrogens with zero attached hydrogens (tertiary/aromatic N) is 2. The van der Waals surface area contributed by atoms with Crippen LogP contribution in [0.3, 0.4) is 0 Å². The fourth-order valence-corrected chi connectivity index (χ4v) is 2.81. The standard InChI is InChI=1S/C15H8BrF6N3O3S/c1-29-13-24-10(7(5-23)11(26)25-13)6-2-3-9(8(16)4-6)27-14(18,19)12(17)28-15(20,21)22/h2-4,12H,1H3,(H,24,25,26). The third kappa shape index (κ3) is 5.64. The van der Waals surface area contributed by atoms with E-state index in [2.05, 4.69) is 35.4 Å². The van der Waals surface area contributed by atoms with Gasteiger partial charge in [-0.05, 0) is 40.4 Å². The van der Waals surface area contributed by atoms with Crippen LogP contribution in [0.15, 0.2) is 32.6 Å². The number of thioether (sulfide) groups is 1. The molecule has 2 rings (SSSR count). The van der Waals surface area contributed by atoms with Gasteiger partial charge in [-0.25, -0.2) is 14.1 Å². The Balaban J connectivity index is 2.38. The van der Waals surface area contributed by atoms with E-state index in [1.165, 1.54) is 0 Å². The molecular weight excluding hydrogens is 496 g/mol. The van der Waals surface area contributed by atoms with Gasteiger partial charge in [-0.1, -0.05) is 11.8 Å². The molecule has 2 aromatic rings. The molecule has 0 aliphatic rings. The van der Waals surface area contributed by atoms with Crippen LogP contribution in [0.4, 0.5) is 26.3 Å². The van der Waals surface area contributed by atoms with Crippen LogP contribution in [0.2, 0.25) is 0 Å². The maximum Gasteiger partial charge on any atom is 0.525 e. The number of hydrogen-bond acceptors (Lipinski definition) is 6. The summed E-state index contributed by atoms with van der Waals surface area (Å²) in [7, 11) is 0. The van der Waals surface area contributed by atoms with Crippen molar-refractivity contribution in [3.05, 3.63) is 38.6 Å². The number of halogens is 7. The van der Waals surface area contributed by atoms with Crippen LogP contribution in [0, 0.1) is 11.3 Å². The summed E-state index contributed by atoms with van der Waals surface area (Å²) in [6.07, 6.45) is -13.1. The Labute approximate surface area is 171 Å². The Morgan fingerprint density at radius 3 is 2.48 bits per heavy atom. The minimum atomic E-state index is -5.64. The fourth-order valence-electron chi connectivity index (χ4n) is 1.97. The number of nitriles is 1. The number of hydrogen-bond donors (Lipinski definition) is 1. The van der Waals surface area contributed by atoms with Gasteiger partial charge < -0.3 is 9.72 Å². The highest BCUT2D eigenvalue weighted by molar-refractivity contribution is 9.10. The Bertz CT molecular complexity index is 1010. The maximum atomic E-state index is 13.6. The molecule has 0 amide bonds. The van der Waals surface area contributed by atoms with Crippen molar-refractivity contribution in [1.29, 1.82) is 5.26 Å². The summed E-state index contributed by atoms with van der Waals surface area (Å²) < 4.78 is 82.5. The van der Waals surface area contributed by atoms with Crippen LogP contribution >= 0.6 is 27.7 Å². The number of aromatic amines is 1. The first-order valence-corrected chi connectivity index (χ1v) is 9.23. The molecule has 156 valence electrons. The van der Waals surface area contributed by atoms with Gasteiger partial charge in [-0.15, -0.1) is 13.2 Å². The van der Waals surface area contributed by atoms with Gasteiger partial charge in [0.1, 0.15) is 17.4 Å². The van der Waals surface area contributed by atoms with Gasteiger partial charge in [-0.3, -0.25) is 4.79 Å². The number of ether oxygens (including phenoxy) is 2. The van der Waals surface area contributed by atoms with E-state index in [0.29, 0.717) is 0 Å². The van der Waals surface area contributed by atoms with Crippen molar-refractivity contribution < 1.29 is 35.8 Å². The van der Waals surface area contributed by atoms with E-state index in [4.69, 9.17) is 5.26 Å². The van der Waals surface area contributed by atoms with Crippen LogP contribution in [0.5, 0.6) is 5.75 Å². The predicted octanol–water partition coefficient (Wildman–Crippen LogP) is 4.60. The molecule has 0 spiro atoms. The maximum absolute atomic E-state index is 13.6. The smallest absolute Gasteiger partial charge is 0.427 e. The molecule has 0 fully saturated rings. The topological polar surface area (TPSA) is 88.0 Å². The number of aromatic nitrogens is 2. The lowest BCUT2D eigenvalue weighted by Crippen LogP contribution is -2.41. The molecule has 1 heterocycles. The first kappa shape index (κ1) is 23.0. The second kappa shape index (κ2) is 8.64. The van der Waals surface area contributed by atoms with Gasteiger partial charge >= 0.3 is 18.8 Å². The molecule has 0 aliphatic carbocycles. The van der Waals surface area contributed by atoms with Crippen molar-refractivity contribution in [1.82, 2.24) is 9.97 Å². The summed E-state index contributed by atoms with van der Waals surface area (Å²) in [4.78, 5) is 18.4. The monoisotopic (exact) mass is 503 g/mol. The largest absolute Gasteiger partial charge is 0.525 e. The van der Waals surface area contributed by atoms with Gasteiger partial charge in [0.15, 0.2) is 5.16 Å². The zero-order chi connectivity index (χ0) is 22.0. The van der Waals surface area contributed by atoms with Crippen molar-refractivity contribution in [3.8, 4) is 23.1 Å². The molecule has 1 unspecified atom stereocenters. The van der Waals surface area contributed by atoms with Crippen LogP contribution in [0.1, 0.15) is 5.56 Å². The first-order valence-electron chi connectivity index (χ1n) is 7.21. The summed E-state index contributed by atoms with van der Waals surface area (Å²) in [5.74, 6) is -0.722. The Morgan fingerprint density at radius 2 is 1.97 bits per heavy atom. The Morgan fingerprint density at radius 1 is 1.31 bits per heavy atom. The fraction of sp³-hybridized carbons (Fsp3) is 0.267. The molecule has 1 atom stereocenters. The minimum absolute atomic E-state index is 0.0663. The highest BCUT2D eigenvalue weighted by Crippen LogP contribution is 2.37. The number of rotatable bonds is 6. The first-order chi connectivity index (χ1) is 13.4. The van der Waals surface area contributed by atoms with E-state index in [1.54, 1.807) is 12.3 Å². The highest BCUT2D eigenvalue weighted by atomic mass is 79.9. The van der Waals surface area contributed by atoms with Crippen molar-refractivity contribution in [2.45, 2.75) is 24.0 Å². The van der Waals surface area contributed by atoms with Gasteiger partial charge in [0.25, 0.3) is 5.56 Å². The minimum Gasteiger partial charge on any atom is -0.427 e. The van der Waals surface area contributed by atoms with Gasteiger partial charge in [0, 0.05) is 5.56 Å². The zero-order valence-corrected chi connectivity index (χ0v) is 16.4. The van der Waals surface area contributed by atoms with Gasteiger partial charge in [0.2, 0.25) is 0 Å². The van der Waals surface area contributed by atoms with Crippen LogP contribution in [-0.4, -0.2) is 35.1 Å². The average Bonchev–Trinajstić information content (AvgIpc) is 2.61. The second-order valence-electron chi connectivity index (χ2n) is 5.10. The Hall–Kier alpha value is -2.24. The SMILES string of the molecule is CSc1nc(-c2ccc(OC(F)(F)C(F)OC(F)(F)F)c(Br)c2)c(C#N)c(=O)[nH]1. The molecule has 0 radical (unpaired) electrons. The number of alkyl halides is 6. The summed E-state index contributed by atoms with van der Waals surface area (Å²) >= 11 is 3.94. The third-order valence-electron chi connectivity index (χ3n) is 3.16. The van der Waals surface area contributed by atoms with E-state index in [0.717, 1.165) is 30.0 Å². The molecular formula is C15H8BrF6N3O3S. The second-order valence-corrected chi connectivity index (χ2v) is 6.75. The summed E-state index contributed by atoms with van der Waals surface area (Å²) in [5, 5.41) is 9.33. The number of nitrogens with one attached hydrogen (secondary N) is 1. The molecule has 6 nitrogen and oxygen atoms in total. The van der Waals surface area contributed by atoms with E-state index in [9.17, 15) is 31.1 Å². The molecule has 0 saturated carbocycles. The third-order valence-corrected chi connectivity index (χ3v) is 4.36. The lowest BCUT2D eigenvalue weighted by atomic mass is 10.1. The van der Waals surface area contributed by atoms with E-state index < -0.39 is 30.1 Å². The molecule has 0 saturated heterocycles. The molecule has 1 N–H and O–H groups in total. The number of benzene rings is 1. The van der Waals surface area contributed by atoms with Crippen LogP contribution in [0.25, 0.3) is 11.3 Å². The molecule has 1 aromatic heterocycles. The summed E-state index contributed by atoms with van der Waals surface area (Å²) in [6, 6.07) is 4.77. The van der Waals surface area contributed by atoms with Crippen LogP contribution in [-0.2, 0) is 4.74 Å². The van der Waals surface area contributed by atoms with Gasteiger partial charge in [-0.2, -0.15) is 14.0 Å². The average molecular weight is 504 g/mol. The van der Waals surface area contributed by atoms with Gasteiger partial charge in [0.05, 0.1) is 10.2 Å².